The molecule has 0 saturated heterocycles. The highest BCUT2D eigenvalue weighted by molar-refractivity contribution is 9.10. The van der Waals surface area contributed by atoms with E-state index >= 15 is 0 Å². The molecule has 2 rings (SSSR count). The third kappa shape index (κ3) is 6.13. The molecule has 0 saturated carbocycles. The molecule has 1 atom stereocenters. The molecule has 178 valence electrons. The molecule has 1 N–H and O–H groups in total. The zero-order chi connectivity index (χ0) is 24.1. The molecule has 0 aliphatic carbocycles. The average molecular weight is 525 g/mol. The van der Waals surface area contributed by atoms with Crippen molar-refractivity contribution in [2.45, 2.75) is 77.1 Å². The molecule has 5 nitrogen and oxygen atoms in total. The normalized spacial score (nSPS) is 14.2. The van der Waals surface area contributed by atoms with Gasteiger partial charge in [0.1, 0.15) is 17.1 Å². The summed E-state index contributed by atoms with van der Waals surface area (Å²) in [6.45, 7) is 15.6. The van der Waals surface area contributed by atoms with Gasteiger partial charge in [0.25, 0.3) is 8.32 Å². The van der Waals surface area contributed by atoms with Crippen LogP contribution in [0.4, 0.5) is 0 Å². The summed E-state index contributed by atoms with van der Waals surface area (Å²) < 4.78 is 18.0. The van der Waals surface area contributed by atoms with E-state index < -0.39 is 13.9 Å². The van der Waals surface area contributed by atoms with Crippen molar-refractivity contribution < 1.29 is 19.0 Å². The Morgan fingerprint density at radius 1 is 1.00 bits per heavy atom. The van der Waals surface area contributed by atoms with Gasteiger partial charge in [-0.1, -0.05) is 63.5 Å². The van der Waals surface area contributed by atoms with Crippen LogP contribution in [0.3, 0.4) is 0 Å². The first-order valence-corrected chi connectivity index (χ1v) is 14.2. The molecule has 0 amide bonds. The van der Waals surface area contributed by atoms with E-state index in [1.54, 1.807) is 20.2 Å². The van der Waals surface area contributed by atoms with Crippen LogP contribution in [0.2, 0.25) is 16.6 Å². The molecule has 0 bridgehead atoms. The van der Waals surface area contributed by atoms with Gasteiger partial charge < -0.3 is 19.0 Å². The molecule has 0 aliphatic rings. The zero-order valence-corrected chi connectivity index (χ0v) is 23.2. The Balaban J connectivity index is 2.21. The van der Waals surface area contributed by atoms with E-state index in [9.17, 15) is 5.11 Å². The first kappa shape index (κ1) is 26.8. The number of pyridine rings is 1. The standard InChI is InChI=1S/C25H38BrNO4Si/c1-17(2)32(18(3)4,19(5)6)31-22-11-12-24(27-15-22)25(7,28)14-20-9-10-21(13-23(20)26)30-16-29-8/h9-13,15,17-19,28H,14,16H2,1-8H3. The predicted octanol–water partition coefficient (Wildman–Crippen LogP) is 6.83. The first-order chi connectivity index (χ1) is 14.9. The molecule has 32 heavy (non-hydrogen) atoms. The molecule has 1 aromatic heterocycles. The van der Waals surface area contributed by atoms with Gasteiger partial charge in [-0.3, -0.25) is 4.98 Å². The van der Waals surface area contributed by atoms with Crippen molar-refractivity contribution in [3.05, 3.63) is 52.3 Å². The van der Waals surface area contributed by atoms with Gasteiger partial charge in [0.05, 0.1) is 11.9 Å². The van der Waals surface area contributed by atoms with Crippen molar-refractivity contribution in [1.82, 2.24) is 4.98 Å². The molecule has 0 aliphatic heterocycles. The maximum Gasteiger partial charge on any atom is 0.258 e. The van der Waals surface area contributed by atoms with Crippen LogP contribution in [-0.2, 0) is 16.8 Å². The number of aliphatic hydroxyl groups is 1. The number of methoxy groups -OCH3 is 1. The summed E-state index contributed by atoms with van der Waals surface area (Å²) >= 11 is 3.58. The highest BCUT2D eigenvalue weighted by Crippen LogP contribution is 2.42. The van der Waals surface area contributed by atoms with Gasteiger partial charge in [-0.15, -0.1) is 0 Å². The van der Waals surface area contributed by atoms with Crippen molar-refractivity contribution in [1.29, 1.82) is 0 Å². The Labute approximate surface area is 202 Å². The Bertz CT molecular complexity index is 847. The minimum absolute atomic E-state index is 0.191. The highest BCUT2D eigenvalue weighted by atomic mass is 79.9. The summed E-state index contributed by atoms with van der Waals surface area (Å²) in [6.07, 6.45) is 2.17. The van der Waals surface area contributed by atoms with Crippen LogP contribution in [0, 0.1) is 0 Å². The second-order valence-electron chi connectivity index (χ2n) is 9.55. The van der Waals surface area contributed by atoms with Gasteiger partial charge in [0.15, 0.2) is 6.79 Å². The molecule has 0 spiro atoms. The van der Waals surface area contributed by atoms with Crippen LogP contribution in [0.5, 0.6) is 11.5 Å². The van der Waals surface area contributed by atoms with E-state index in [0.717, 1.165) is 15.8 Å². The smallest absolute Gasteiger partial charge is 0.258 e. The van der Waals surface area contributed by atoms with E-state index in [2.05, 4.69) is 62.5 Å². The number of aromatic nitrogens is 1. The Morgan fingerprint density at radius 3 is 2.06 bits per heavy atom. The summed E-state index contributed by atoms with van der Waals surface area (Å²) in [5.74, 6) is 1.49. The van der Waals surface area contributed by atoms with Gasteiger partial charge in [0.2, 0.25) is 0 Å². The minimum Gasteiger partial charge on any atom is -0.542 e. The number of hydrogen-bond acceptors (Lipinski definition) is 5. The van der Waals surface area contributed by atoms with Crippen LogP contribution in [0.25, 0.3) is 0 Å². The maximum absolute atomic E-state index is 11.2. The van der Waals surface area contributed by atoms with Gasteiger partial charge >= 0.3 is 0 Å². The predicted molar refractivity (Wildman–Crippen MR) is 136 cm³/mol. The van der Waals surface area contributed by atoms with Crippen molar-refractivity contribution in [3.8, 4) is 11.5 Å². The topological polar surface area (TPSA) is 60.8 Å². The fourth-order valence-electron chi connectivity index (χ4n) is 4.67. The number of halogens is 1. The minimum atomic E-state index is -2.04. The first-order valence-electron chi connectivity index (χ1n) is 11.2. The van der Waals surface area contributed by atoms with E-state index in [1.165, 1.54) is 0 Å². The van der Waals surface area contributed by atoms with Crippen molar-refractivity contribution >= 4 is 24.2 Å². The number of rotatable bonds is 11. The third-order valence-corrected chi connectivity index (χ3v) is 12.9. The molecule has 2 aromatic rings. The van der Waals surface area contributed by atoms with Crippen LogP contribution in [0.15, 0.2) is 41.0 Å². The summed E-state index contributed by atoms with van der Waals surface area (Å²) in [6, 6.07) is 9.51. The molecule has 0 radical (unpaired) electrons. The lowest BCUT2D eigenvalue weighted by molar-refractivity contribution is 0.0499. The van der Waals surface area contributed by atoms with Crippen LogP contribution >= 0.6 is 15.9 Å². The largest absolute Gasteiger partial charge is 0.542 e. The van der Waals surface area contributed by atoms with Crippen LogP contribution in [-0.4, -0.2) is 32.3 Å². The Morgan fingerprint density at radius 2 is 1.59 bits per heavy atom. The fourth-order valence-corrected chi connectivity index (χ4v) is 10.4. The maximum atomic E-state index is 11.2. The van der Waals surface area contributed by atoms with E-state index in [4.69, 9.17) is 13.9 Å². The zero-order valence-electron chi connectivity index (χ0n) is 20.6. The molecule has 1 unspecified atom stereocenters. The Kier molecular flexibility index (Phi) is 9.34. The van der Waals surface area contributed by atoms with E-state index in [0.29, 0.717) is 34.5 Å². The number of hydrogen-bond donors (Lipinski definition) is 1. The molecule has 7 heteroatoms. The Hall–Kier alpha value is -1.41. The number of nitrogens with zero attached hydrogens (tertiary/aromatic N) is 1. The van der Waals surface area contributed by atoms with Gasteiger partial charge in [0, 0.05) is 18.0 Å². The lowest BCUT2D eigenvalue weighted by Gasteiger charge is -2.42. The molecule has 1 heterocycles. The summed E-state index contributed by atoms with van der Waals surface area (Å²) in [4.78, 5) is 4.59. The summed E-state index contributed by atoms with van der Waals surface area (Å²) in [5, 5.41) is 11.2. The van der Waals surface area contributed by atoms with E-state index in [1.807, 2.05) is 30.3 Å². The van der Waals surface area contributed by atoms with Gasteiger partial charge in [-0.25, -0.2) is 0 Å². The molecular formula is C25H38BrNO4Si. The van der Waals surface area contributed by atoms with E-state index in [-0.39, 0.29) is 6.79 Å². The SMILES string of the molecule is COCOc1ccc(CC(C)(O)c2ccc(O[Si](C(C)C)(C(C)C)C(C)C)cn2)c(Br)c1. The quantitative estimate of drug-likeness (QED) is 0.258. The van der Waals surface area contributed by atoms with Gasteiger partial charge in [-0.2, -0.15) is 0 Å². The fraction of sp³-hybridized carbons (Fsp3) is 0.560. The van der Waals surface area contributed by atoms with Crippen LogP contribution < -0.4 is 9.16 Å². The second kappa shape index (κ2) is 11.1. The van der Waals surface area contributed by atoms with Crippen molar-refractivity contribution in [3.63, 3.8) is 0 Å². The summed E-state index contributed by atoms with van der Waals surface area (Å²) in [5.41, 5.74) is 1.91. The lowest BCUT2D eigenvalue weighted by atomic mass is 9.92. The second-order valence-corrected chi connectivity index (χ2v) is 15.8. The average Bonchev–Trinajstić information content (AvgIpc) is 2.71. The van der Waals surface area contributed by atoms with Crippen molar-refractivity contribution in [2.75, 3.05) is 13.9 Å². The third-order valence-electron chi connectivity index (χ3n) is 6.19. The monoisotopic (exact) mass is 523 g/mol. The van der Waals surface area contributed by atoms with Crippen LogP contribution in [0.1, 0.15) is 59.7 Å². The number of benzene rings is 1. The molecule has 1 aromatic carbocycles. The van der Waals surface area contributed by atoms with Crippen molar-refractivity contribution in [2.24, 2.45) is 0 Å². The molecule has 0 fully saturated rings. The summed E-state index contributed by atoms with van der Waals surface area (Å²) in [7, 11) is -0.461. The molecular weight excluding hydrogens is 486 g/mol. The lowest BCUT2D eigenvalue weighted by Crippen LogP contribution is -2.50. The highest BCUT2D eigenvalue weighted by Gasteiger charge is 2.47. The van der Waals surface area contributed by atoms with Gasteiger partial charge in [-0.05, 0) is 53.4 Å². The number of ether oxygens (including phenoxy) is 2.